The number of nitrogens with one attached hydrogen (secondary N) is 1. The second-order valence-electron chi connectivity index (χ2n) is 3.80. The summed E-state index contributed by atoms with van der Waals surface area (Å²) in [6.07, 6.45) is -3.60. The molecule has 0 unspecified atom stereocenters. The van der Waals surface area contributed by atoms with E-state index in [-0.39, 0.29) is 11.5 Å². The maximum absolute atomic E-state index is 12.9. The molecule has 1 aliphatic heterocycles. The summed E-state index contributed by atoms with van der Waals surface area (Å²) in [6, 6.07) is 9.79. The summed E-state index contributed by atoms with van der Waals surface area (Å²) in [6.45, 7) is 0. The highest BCUT2D eigenvalue weighted by atomic mass is 79.9. The molecule has 0 atom stereocenters. The van der Waals surface area contributed by atoms with Crippen LogP contribution in [0.25, 0.3) is 0 Å². The first kappa shape index (κ1) is 12.2. The van der Waals surface area contributed by atoms with E-state index in [1.165, 1.54) is 12.1 Å². The quantitative estimate of drug-likeness (QED) is 0.849. The summed E-state index contributed by atoms with van der Waals surface area (Å²) in [7, 11) is 0. The monoisotopic (exact) mass is 328 g/mol. The van der Waals surface area contributed by atoms with E-state index in [2.05, 4.69) is 35.7 Å². The van der Waals surface area contributed by atoms with Crippen LogP contribution in [-0.2, 0) is 0 Å². The van der Waals surface area contributed by atoms with Crippen molar-refractivity contribution in [1.82, 2.24) is 4.98 Å². The van der Waals surface area contributed by atoms with Gasteiger partial charge < -0.3 is 14.8 Å². The molecular weight excluding hydrogens is 322 g/mol. The second kappa shape index (κ2) is 4.34. The van der Waals surface area contributed by atoms with Crippen LogP contribution in [0, 0.1) is 0 Å². The van der Waals surface area contributed by atoms with Crippen molar-refractivity contribution in [2.24, 2.45) is 0 Å². The molecule has 0 saturated heterocycles. The molecule has 0 saturated carbocycles. The van der Waals surface area contributed by atoms with Gasteiger partial charge >= 0.3 is 6.29 Å². The van der Waals surface area contributed by atoms with Crippen molar-refractivity contribution in [2.45, 2.75) is 6.29 Å². The van der Waals surface area contributed by atoms with E-state index >= 15 is 0 Å². The molecule has 1 aromatic carbocycles. The fourth-order valence-electron chi connectivity index (χ4n) is 1.65. The van der Waals surface area contributed by atoms with E-state index in [1.807, 2.05) is 0 Å². The maximum atomic E-state index is 12.9. The Morgan fingerprint density at radius 2 is 1.89 bits per heavy atom. The topological polar surface area (TPSA) is 43.4 Å². The summed E-state index contributed by atoms with van der Waals surface area (Å²) in [4.78, 5) is 4.18. The van der Waals surface area contributed by atoms with Crippen molar-refractivity contribution in [2.75, 3.05) is 5.32 Å². The molecule has 0 bridgehead atoms. The zero-order valence-corrected chi connectivity index (χ0v) is 10.9. The van der Waals surface area contributed by atoms with Crippen molar-refractivity contribution in [3.8, 4) is 11.5 Å². The van der Waals surface area contributed by atoms with Crippen molar-refractivity contribution in [3.05, 3.63) is 41.0 Å². The van der Waals surface area contributed by atoms with Gasteiger partial charge in [0, 0.05) is 11.8 Å². The molecule has 0 fully saturated rings. The SMILES string of the molecule is FC1(F)Oc2ccc(Nc3cccc(Br)n3)cc2O1. The third-order valence-corrected chi connectivity index (χ3v) is 2.83. The molecule has 0 spiro atoms. The number of hydrogen-bond acceptors (Lipinski definition) is 4. The van der Waals surface area contributed by atoms with Gasteiger partial charge in [-0.1, -0.05) is 6.07 Å². The van der Waals surface area contributed by atoms with Crippen molar-refractivity contribution in [1.29, 1.82) is 0 Å². The molecule has 0 amide bonds. The number of ether oxygens (including phenoxy) is 2. The molecule has 3 rings (SSSR count). The number of pyridine rings is 1. The van der Waals surface area contributed by atoms with Gasteiger partial charge in [-0.25, -0.2) is 4.98 Å². The fourth-order valence-corrected chi connectivity index (χ4v) is 2.00. The molecule has 4 nitrogen and oxygen atoms in total. The summed E-state index contributed by atoms with van der Waals surface area (Å²) in [5.74, 6) is 0.586. The Balaban J connectivity index is 1.85. The molecule has 7 heteroatoms. The van der Waals surface area contributed by atoms with Crippen LogP contribution in [0.15, 0.2) is 41.0 Å². The Bertz CT molecular complexity index is 637. The minimum Gasteiger partial charge on any atom is -0.395 e. The van der Waals surface area contributed by atoms with Crippen LogP contribution in [0.3, 0.4) is 0 Å². The third-order valence-electron chi connectivity index (χ3n) is 2.39. The first-order valence-electron chi connectivity index (χ1n) is 5.31. The molecule has 0 aliphatic carbocycles. The second-order valence-corrected chi connectivity index (χ2v) is 4.61. The van der Waals surface area contributed by atoms with Crippen molar-refractivity contribution in [3.63, 3.8) is 0 Å². The zero-order valence-electron chi connectivity index (χ0n) is 9.36. The van der Waals surface area contributed by atoms with Crippen LogP contribution in [0.4, 0.5) is 20.3 Å². The lowest BCUT2D eigenvalue weighted by atomic mass is 10.3. The number of fused-ring (bicyclic) bond motifs is 1. The van der Waals surface area contributed by atoms with Gasteiger partial charge in [0.25, 0.3) is 0 Å². The van der Waals surface area contributed by atoms with E-state index in [4.69, 9.17) is 0 Å². The molecule has 1 aromatic heterocycles. The number of halogens is 3. The van der Waals surface area contributed by atoms with Crippen LogP contribution >= 0.6 is 15.9 Å². The van der Waals surface area contributed by atoms with Gasteiger partial charge in [0.1, 0.15) is 10.4 Å². The minimum atomic E-state index is -3.60. The Hall–Kier alpha value is -1.89. The minimum absolute atomic E-state index is 0.00926. The van der Waals surface area contributed by atoms with Crippen molar-refractivity contribution < 1.29 is 18.3 Å². The number of rotatable bonds is 2. The third kappa shape index (κ3) is 2.60. The van der Waals surface area contributed by atoms with E-state index in [1.54, 1.807) is 24.3 Å². The number of aromatic nitrogens is 1. The number of nitrogens with zero attached hydrogens (tertiary/aromatic N) is 1. The lowest BCUT2D eigenvalue weighted by molar-refractivity contribution is -0.286. The normalized spacial score (nSPS) is 15.3. The summed E-state index contributed by atoms with van der Waals surface area (Å²) in [5.41, 5.74) is 0.575. The highest BCUT2D eigenvalue weighted by molar-refractivity contribution is 9.10. The van der Waals surface area contributed by atoms with Gasteiger partial charge in [0.05, 0.1) is 0 Å². The van der Waals surface area contributed by atoms with Crippen LogP contribution in [0.1, 0.15) is 0 Å². The van der Waals surface area contributed by atoms with Gasteiger partial charge in [-0.15, -0.1) is 8.78 Å². The highest BCUT2D eigenvalue weighted by Gasteiger charge is 2.43. The first-order chi connectivity index (χ1) is 9.02. The van der Waals surface area contributed by atoms with E-state index in [0.29, 0.717) is 16.1 Å². The smallest absolute Gasteiger partial charge is 0.395 e. The number of alkyl halides is 2. The predicted octanol–water partition coefficient (Wildman–Crippen LogP) is 3.91. The molecule has 19 heavy (non-hydrogen) atoms. The van der Waals surface area contributed by atoms with Crippen LogP contribution in [0.5, 0.6) is 11.5 Å². The molecule has 0 radical (unpaired) electrons. The molecular formula is C12H7BrF2N2O2. The predicted molar refractivity (Wildman–Crippen MR) is 67.9 cm³/mol. The molecule has 1 aliphatic rings. The molecule has 2 aromatic rings. The first-order valence-corrected chi connectivity index (χ1v) is 6.11. The summed E-state index contributed by atoms with van der Waals surface area (Å²) >= 11 is 3.25. The van der Waals surface area contributed by atoms with Gasteiger partial charge in [0.2, 0.25) is 0 Å². The Labute approximate surface area is 115 Å². The van der Waals surface area contributed by atoms with Crippen LogP contribution in [-0.4, -0.2) is 11.3 Å². The van der Waals surface area contributed by atoms with Crippen molar-refractivity contribution >= 4 is 27.4 Å². The fraction of sp³-hybridized carbons (Fsp3) is 0.0833. The van der Waals surface area contributed by atoms with E-state index in [0.717, 1.165) is 0 Å². The largest absolute Gasteiger partial charge is 0.586 e. The summed E-state index contributed by atoms with van der Waals surface area (Å²) < 4.78 is 35.1. The maximum Gasteiger partial charge on any atom is 0.586 e. The lowest BCUT2D eigenvalue weighted by Crippen LogP contribution is -2.25. The molecule has 98 valence electrons. The Kier molecular flexibility index (Phi) is 2.78. The van der Waals surface area contributed by atoms with Gasteiger partial charge in [0.15, 0.2) is 11.5 Å². The molecule has 2 heterocycles. The standard InChI is InChI=1S/C12H7BrF2N2O2/c13-10-2-1-3-11(17-10)16-7-4-5-8-9(6-7)19-12(14,15)18-8/h1-6H,(H,16,17). The van der Waals surface area contributed by atoms with Crippen LogP contribution < -0.4 is 14.8 Å². The average Bonchev–Trinajstić information content (AvgIpc) is 2.62. The van der Waals surface area contributed by atoms with Crippen LogP contribution in [0.2, 0.25) is 0 Å². The van der Waals surface area contributed by atoms with E-state index in [9.17, 15) is 8.78 Å². The average molecular weight is 329 g/mol. The number of hydrogen-bond donors (Lipinski definition) is 1. The Morgan fingerprint density at radius 1 is 1.11 bits per heavy atom. The van der Waals surface area contributed by atoms with Gasteiger partial charge in [-0.05, 0) is 40.2 Å². The lowest BCUT2D eigenvalue weighted by Gasteiger charge is -2.06. The highest BCUT2D eigenvalue weighted by Crippen LogP contribution is 2.42. The van der Waals surface area contributed by atoms with Gasteiger partial charge in [-0.3, -0.25) is 0 Å². The number of anilines is 2. The zero-order chi connectivity index (χ0) is 13.5. The van der Waals surface area contributed by atoms with E-state index < -0.39 is 6.29 Å². The van der Waals surface area contributed by atoms with Gasteiger partial charge in [-0.2, -0.15) is 0 Å². The Morgan fingerprint density at radius 3 is 2.68 bits per heavy atom. The molecule has 1 N–H and O–H groups in total. The number of benzene rings is 1. The summed E-state index contributed by atoms with van der Waals surface area (Å²) in [5, 5.41) is 2.98.